The van der Waals surface area contributed by atoms with Crippen LogP contribution in [-0.4, -0.2) is 85.1 Å². The van der Waals surface area contributed by atoms with Crippen molar-refractivity contribution in [1.82, 2.24) is 19.8 Å². The van der Waals surface area contributed by atoms with Gasteiger partial charge in [0.1, 0.15) is 0 Å². The molecule has 1 aromatic rings. The molecule has 0 saturated carbocycles. The number of hydrogen-bond acceptors (Lipinski definition) is 7. The van der Waals surface area contributed by atoms with Gasteiger partial charge in [-0.25, -0.2) is 13.2 Å². The van der Waals surface area contributed by atoms with Gasteiger partial charge in [0, 0.05) is 57.1 Å². The molecule has 0 spiro atoms. The van der Waals surface area contributed by atoms with E-state index in [1.54, 1.807) is 7.11 Å². The Labute approximate surface area is 139 Å². The third kappa shape index (κ3) is 3.77. The predicted octanol–water partition coefficient (Wildman–Crippen LogP) is -2.01. The van der Waals surface area contributed by atoms with Crippen LogP contribution in [0.4, 0.5) is 0 Å². The molecule has 0 bridgehead atoms. The molecule has 0 unspecified atom stereocenters. The summed E-state index contributed by atoms with van der Waals surface area (Å²) in [5.74, 6) is 0.248. The molecule has 24 heavy (non-hydrogen) atoms. The van der Waals surface area contributed by atoms with Crippen LogP contribution in [0, 0.1) is 0 Å². The number of rotatable bonds is 5. The molecular weight excluding hydrogens is 336 g/mol. The van der Waals surface area contributed by atoms with E-state index in [9.17, 15) is 18.0 Å². The van der Waals surface area contributed by atoms with Crippen molar-refractivity contribution in [2.24, 2.45) is 0 Å². The first-order valence-electron chi connectivity index (χ1n) is 7.88. The monoisotopic (exact) mass is 358 g/mol. The number of aromatic amines is 2. The van der Waals surface area contributed by atoms with Crippen LogP contribution in [0.15, 0.2) is 15.7 Å². The van der Waals surface area contributed by atoms with Gasteiger partial charge in [0.15, 0.2) is 9.84 Å². The first-order valence-corrected chi connectivity index (χ1v) is 9.70. The van der Waals surface area contributed by atoms with Gasteiger partial charge < -0.3 is 9.72 Å². The predicted molar refractivity (Wildman–Crippen MR) is 87.8 cm³/mol. The second kappa shape index (κ2) is 6.79. The van der Waals surface area contributed by atoms with Crippen molar-refractivity contribution in [3.8, 4) is 0 Å². The Hall–Kier alpha value is -1.49. The first kappa shape index (κ1) is 17.3. The Balaban J connectivity index is 1.80. The molecule has 2 saturated heterocycles. The summed E-state index contributed by atoms with van der Waals surface area (Å²) < 4.78 is 29.4. The minimum atomic E-state index is -3.09. The zero-order chi connectivity index (χ0) is 17.3. The van der Waals surface area contributed by atoms with Gasteiger partial charge in [-0.3, -0.25) is 19.6 Å². The molecule has 2 fully saturated rings. The Morgan fingerprint density at radius 2 is 1.83 bits per heavy atom. The quantitative estimate of drug-likeness (QED) is 0.625. The lowest BCUT2D eigenvalue weighted by Gasteiger charge is -2.43. The highest BCUT2D eigenvalue weighted by molar-refractivity contribution is 7.91. The van der Waals surface area contributed by atoms with Gasteiger partial charge in [0.25, 0.3) is 5.56 Å². The van der Waals surface area contributed by atoms with E-state index in [1.807, 2.05) is 4.90 Å². The van der Waals surface area contributed by atoms with E-state index >= 15 is 0 Å². The lowest BCUT2D eigenvalue weighted by molar-refractivity contribution is 0.0246. The Morgan fingerprint density at radius 1 is 1.17 bits per heavy atom. The summed E-state index contributed by atoms with van der Waals surface area (Å²) in [6, 6.07) is 1.13. The van der Waals surface area contributed by atoms with Gasteiger partial charge in [-0.1, -0.05) is 0 Å². The van der Waals surface area contributed by atoms with Gasteiger partial charge in [-0.05, 0) is 0 Å². The fourth-order valence-electron chi connectivity index (χ4n) is 3.60. The van der Waals surface area contributed by atoms with Crippen molar-refractivity contribution >= 4 is 9.84 Å². The summed E-state index contributed by atoms with van der Waals surface area (Å²) in [5, 5.41) is 0. The highest BCUT2D eigenvalue weighted by Gasteiger charge is 2.46. The lowest BCUT2D eigenvalue weighted by Crippen LogP contribution is -2.59. The number of ether oxygens (including phenoxy) is 1. The van der Waals surface area contributed by atoms with Gasteiger partial charge >= 0.3 is 5.69 Å². The van der Waals surface area contributed by atoms with Crippen molar-refractivity contribution in [1.29, 1.82) is 0 Å². The molecule has 0 aliphatic carbocycles. The number of nitrogens with zero attached hydrogens (tertiary/aromatic N) is 2. The van der Waals surface area contributed by atoms with Crippen molar-refractivity contribution in [2.75, 3.05) is 44.9 Å². The van der Waals surface area contributed by atoms with Crippen molar-refractivity contribution in [2.45, 2.75) is 18.6 Å². The second-order valence-corrected chi connectivity index (χ2v) is 8.48. The Bertz CT molecular complexity index is 774. The van der Waals surface area contributed by atoms with Crippen molar-refractivity contribution in [3.05, 3.63) is 32.6 Å². The van der Waals surface area contributed by atoms with Crippen LogP contribution in [0.3, 0.4) is 0 Å². The fraction of sp³-hybridized carbons (Fsp3) is 0.714. The molecule has 2 N–H and O–H groups in total. The SMILES string of the molecule is COCCN1CCN(Cc2cc(=O)[nH]c(=O)[nH]2)[C@H]2CS(=O)(=O)C[C@H]21. The maximum Gasteiger partial charge on any atom is 0.325 e. The number of nitrogens with one attached hydrogen (secondary N) is 2. The summed E-state index contributed by atoms with van der Waals surface area (Å²) in [6.45, 7) is 3.02. The number of aromatic nitrogens is 2. The zero-order valence-electron chi connectivity index (χ0n) is 13.5. The maximum absolute atomic E-state index is 12.1. The number of fused-ring (bicyclic) bond motifs is 1. The molecule has 3 rings (SSSR count). The highest BCUT2D eigenvalue weighted by Crippen LogP contribution is 2.27. The first-order chi connectivity index (χ1) is 11.4. The topological polar surface area (TPSA) is 116 Å². The number of sulfone groups is 1. The molecule has 2 aliphatic heterocycles. The van der Waals surface area contributed by atoms with E-state index < -0.39 is 21.1 Å². The normalized spacial score (nSPS) is 27.2. The van der Waals surface area contributed by atoms with Crippen LogP contribution < -0.4 is 11.2 Å². The minimum Gasteiger partial charge on any atom is -0.383 e. The highest BCUT2D eigenvalue weighted by atomic mass is 32.2. The molecule has 0 aromatic carbocycles. The number of hydrogen-bond donors (Lipinski definition) is 2. The van der Waals surface area contributed by atoms with E-state index in [0.717, 1.165) is 6.54 Å². The van der Waals surface area contributed by atoms with Gasteiger partial charge in [-0.2, -0.15) is 0 Å². The molecule has 3 heterocycles. The van der Waals surface area contributed by atoms with E-state index in [1.165, 1.54) is 6.07 Å². The van der Waals surface area contributed by atoms with Crippen molar-refractivity contribution in [3.63, 3.8) is 0 Å². The summed E-state index contributed by atoms with van der Waals surface area (Å²) >= 11 is 0. The molecule has 0 radical (unpaired) electrons. The molecule has 134 valence electrons. The summed E-state index contributed by atoms with van der Waals surface area (Å²) in [7, 11) is -1.46. The molecule has 2 aliphatic rings. The number of methoxy groups -OCH3 is 1. The van der Waals surface area contributed by atoms with Crippen LogP contribution in [0.25, 0.3) is 0 Å². The molecule has 0 amide bonds. The van der Waals surface area contributed by atoms with Crippen molar-refractivity contribution < 1.29 is 13.2 Å². The summed E-state index contributed by atoms with van der Waals surface area (Å²) in [6.07, 6.45) is 0. The molecule has 10 heteroatoms. The molecule has 2 atom stereocenters. The Morgan fingerprint density at radius 3 is 2.50 bits per heavy atom. The maximum atomic E-state index is 12.1. The van der Waals surface area contributed by atoms with Crippen LogP contribution in [0.5, 0.6) is 0 Å². The number of piperazine rings is 1. The number of H-pyrrole nitrogens is 2. The van der Waals surface area contributed by atoms with Crippen LogP contribution >= 0.6 is 0 Å². The molecule has 1 aromatic heterocycles. The zero-order valence-corrected chi connectivity index (χ0v) is 14.3. The smallest absolute Gasteiger partial charge is 0.325 e. The van der Waals surface area contributed by atoms with Crippen LogP contribution in [0.1, 0.15) is 5.69 Å². The average Bonchev–Trinajstić information content (AvgIpc) is 2.81. The van der Waals surface area contributed by atoms with Gasteiger partial charge in [0.05, 0.1) is 18.1 Å². The van der Waals surface area contributed by atoms with E-state index in [4.69, 9.17) is 4.74 Å². The van der Waals surface area contributed by atoms with E-state index in [0.29, 0.717) is 31.9 Å². The van der Waals surface area contributed by atoms with Gasteiger partial charge in [-0.15, -0.1) is 0 Å². The Kier molecular flexibility index (Phi) is 4.90. The fourth-order valence-corrected chi connectivity index (χ4v) is 5.65. The standard InChI is InChI=1S/C14H22N4O5S/c1-23-5-4-17-2-3-18(12-9-24(21,22)8-11(12)17)7-10-6-13(19)16-14(20)15-10/h6,11-12H,2-5,7-9H2,1H3,(H2,15,16,19,20)/t11-,12+/m1/s1. The summed E-state index contributed by atoms with van der Waals surface area (Å²) in [5.41, 5.74) is -0.507. The minimum absolute atomic E-state index is 0.0763. The van der Waals surface area contributed by atoms with Gasteiger partial charge in [0.2, 0.25) is 0 Å². The average molecular weight is 358 g/mol. The van der Waals surface area contributed by atoms with E-state index in [2.05, 4.69) is 14.9 Å². The third-order valence-corrected chi connectivity index (χ3v) is 6.38. The third-order valence-electron chi connectivity index (χ3n) is 4.68. The second-order valence-electron chi connectivity index (χ2n) is 6.32. The van der Waals surface area contributed by atoms with Crippen LogP contribution in [-0.2, 0) is 21.1 Å². The van der Waals surface area contributed by atoms with Crippen LogP contribution in [0.2, 0.25) is 0 Å². The molecular formula is C14H22N4O5S. The van der Waals surface area contributed by atoms with E-state index in [-0.39, 0.29) is 23.6 Å². The largest absolute Gasteiger partial charge is 0.383 e. The molecule has 9 nitrogen and oxygen atoms in total. The summed E-state index contributed by atoms with van der Waals surface area (Å²) in [4.78, 5) is 31.8. The lowest BCUT2D eigenvalue weighted by atomic mass is 10.0.